The lowest BCUT2D eigenvalue weighted by Crippen LogP contribution is -2.26. The lowest BCUT2D eigenvalue weighted by atomic mass is 9.88. The van der Waals surface area contributed by atoms with Gasteiger partial charge in [0.15, 0.2) is 0 Å². The predicted octanol–water partition coefficient (Wildman–Crippen LogP) is 4.33. The van der Waals surface area contributed by atoms with Crippen molar-refractivity contribution in [3.05, 3.63) is 51.7 Å². The summed E-state index contributed by atoms with van der Waals surface area (Å²) < 4.78 is 0. The molecule has 1 atom stereocenters. The first-order valence-electron chi connectivity index (χ1n) is 8.15. The highest BCUT2D eigenvalue weighted by Crippen LogP contribution is 2.35. The molecule has 0 fully saturated rings. The van der Waals surface area contributed by atoms with E-state index in [1.165, 1.54) is 6.42 Å². The van der Waals surface area contributed by atoms with Crippen molar-refractivity contribution in [3.63, 3.8) is 0 Å². The van der Waals surface area contributed by atoms with Crippen molar-refractivity contribution >= 4 is 14.7 Å². The molecule has 114 valence electrons. The van der Waals surface area contributed by atoms with Crippen LogP contribution in [-0.2, 0) is 6.42 Å². The minimum absolute atomic E-state index is 0.353. The van der Waals surface area contributed by atoms with Gasteiger partial charge in [0.05, 0.1) is 9.52 Å². The minimum Gasteiger partial charge on any atom is -0.0728 e. The summed E-state index contributed by atoms with van der Waals surface area (Å²) >= 11 is 0. The van der Waals surface area contributed by atoms with Crippen molar-refractivity contribution in [2.75, 3.05) is 0 Å². The number of benzene rings is 1. The Morgan fingerprint density at radius 1 is 1.00 bits per heavy atom. The molecule has 0 bridgehead atoms. The average molecular weight is 299 g/mol. The standard InChI is InChI=1S/C20H30Si/c1-13-14(2)16(4)19(15(13)3)21-18-11-9-8-10-17(18)12-20(5,6)7/h8-11,15H,12,21H2,1-7H3. The summed E-state index contributed by atoms with van der Waals surface area (Å²) in [6.07, 6.45) is 1.18. The van der Waals surface area contributed by atoms with Crippen molar-refractivity contribution < 1.29 is 0 Å². The molecule has 0 amide bonds. The van der Waals surface area contributed by atoms with E-state index in [4.69, 9.17) is 0 Å². The van der Waals surface area contributed by atoms with Crippen LogP contribution < -0.4 is 5.19 Å². The summed E-state index contributed by atoms with van der Waals surface area (Å²) in [6.45, 7) is 16.3. The maximum Gasteiger partial charge on any atom is 0.0839 e. The molecule has 0 aromatic heterocycles. The van der Waals surface area contributed by atoms with Gasteiger partial charge in [0.2, 0.25) is 0 Å². The third-order valence-corrected chi connectivity index (χ3v) is 7.62. The van der Waals surface area contributed by atoms with Gasteiger partial charge in [-0.3, -0.25) is 0 Å². The van der Waals surface area contributed by atoms with Crippen LogP contribution in [0.4, 0.5) is 0 Å². The fourth-order valence-electron chi connectivity index (χ4n) is 3.41. The van der Waals surface area contributed by atoms with E-state index < -0.39 is 0 Å². The third kappa shape index (κ3) is 3.57. The Kier molecular flexibility index (Phi) is 4.62. The van der Waals surface area contributed by atoms with Gasteiger partial charge in [-0.05, 0) is 49.7 Å². The van der Waals surface area contributed by atoms with Crippen molar-refractivity contribution in [2.24, 2.45) is 11.3 Å². The summed E-state index contributed by atoms with van der Waals surface area (Å²) in [5.41, 5.74) is 6.64. The van der Waals surface area contributed by atoms with Gasteiger partial charge in [0, 0.05) is 0 Å². The Morgan fingerprint density at radius 3 is 2.14 bits per heavy atom. The van der Waals surface area contributed by atoms with Crippen LogP contribution in [0.2, 0.25) is 0 Å². The smallest absolute Gasteiger partial charge is 0.0728 e. The average Bonchev–Trinajstić information content (AvgIpc) is 2.57. The Labute approximate surface area is 133 Å². The molecule has 0 N–H and O–H groups in total. The first kappa shape index (κ1) is 16.3. The van der Waals surface area contributed by atoms with Gasteiger partial charge in [-0.1, -0.05) is 73.5 Å². The van der Waals surface area contributed by atoms with Crippen molar-refractivity contribution in [1.29, 1.82) is 0 Å². The zero-order valence-electron chi connectivity index (χ0n) is 14.8. The van der Waals surface area contributed by atoms with E-state index in [0.29, 0.717) is 11.3 Å². The van der Waals surface area contributed by atoms with Crippen LogP contribution in [0, 0.1) is 11.3 Å². The van der Waals surface area contributed by atoms with Crippen molar-refractivity contribution in [1.82, 2.24) is 0 Å². The van der Waals surface area contributed by atoms with Crippen LogP contribution in [0.15, 0.2) is 46.2 Å². The van der Waals surface area contributed by atoms with Gasteiger partial charge in [-0.25, -0.2) is 0 Å². The fraction of sp³-hybridized carbons (Fsp3) is 0.500. The van der Waals surface area contributed by atoms with Crippen molar-refractivity contribution in [3.8, 4) is 0 Å². The van der Waals surface area contributed by atoms with Crippen LogP contribution in [0.1, 0.15) is 54.0 Å². The van der Waals surface area contributed by atoms with Gasteiger partial charge >= 0.3 is 0 Å². The van der Waals surface area contributed by atoms with E-state index in [2.05, 4.69) is 72.7 Å². The van der Waals surface area contributed by atoms with E-state index in [-0.39, 0.29) is 9.52 Å². The van der Waals surface area contributed by atoms with E-state index in [1.807, 2.05) is 0 Å². The highest BCUT2D eigenvalue weighted by Gasteiger charge is 2.24. The largest absolute Gasteiger partial charge is 0.0839 e. The quantitative estimate of drug-likeness (QED) is 0.729. The topological polar surface area (TPSA) is 0 Å². The molecule has 1 aromatic rings. The maximum atomic E-state index is 2.39. The molecular formula is C20H30Si. The zero-order chi connectivity index (χ0) is 15.8. The van der Waals surface area contributed by atoms with Crippen LogP contribution in [0.25, 0.3) is 0 Å². The maximum absolute atomic E-state index is 2.39. The molecule has 0 spiro atoms. The lowest BCUT2D eigenvalue weighted by Gasteiger charge is -2.21. The van der Waals surface area contributed by atoms with Crippen LogP contribution in [0.3, 0.4) is 0 Å². The minimum atomic E-state index is -0.353. The van der Waals surface area contributed by atoms with Crippen LogP contribution in [0.5, 0.6) is 0 Å². The second-order valence-corrected chi connectivity index (χ2v) is 9.74. The first-order chi connectivity index (χ1) is 9.70. The molecule has 1 aromatic carbocycles. The predicted molar refractivity (Wildman–Crippen MR) is 98.0 cm³/mol. The molecule has 1 aliphatic carbocycles. The van der Waals surface area contributed by atoms with Gasteiger partial charge in [-0.2, -0.15) is 0 Å². The molecule has 0 radical (unpaired) electrons. The Bertz CT molecular complexity index is 597. The molecule has 2 rings (SSSR count). The zero-order valence-corrected chi connectivity index (χ0v) is 16.2. The number of hydrogen-bond acceptors (Lipinski definition) is 0. The molecule has 1 unspecified atom stereocenters. The molecule has 21 heavy (non-hydrogen) atoms. The number of rotatable bonds is 3. The Hall–Kier alpha value is -1.08. The van der Waals surface area contributed by atoms with Crippen LogP contribution >= 0.6 is 0 Å². The third-order valence-electron chi connectivity index (χ3n) is 5.03. The molecule has 1 aliphatic rings. The van der Waals surface area contributed by atoms with Gasteiger partial charge < -0.3 is 0 Å². The molecule has 0 aliphatic heterocycles. The molecular weight excluding hydrogens is 268 g/mol. The number of hydrogen-bond donors (Lipinski definition) is 0. The monoisotopic (exact) mass is 298 g/mol. The second-order valence-electron chi connectivity index (χ2n) is 7.86. The van der Waals surface area contributed by atoms with E-state index in [0.717, 1.165) is 0 Å². The molecule has 0 saturated carbocycles. The normalized spacial score (nSPS) is 20.2. The Balaban J connectivity index is 2.30. The van der Waals surface area contributed by atoms with Gasteiger partial charge in [0.25, 0.3) is 0 Å². The van der Waals surface area contributed by atoms with Gasteiger partial charge in [0.1, 0.15) is 0 Å². The van der Waals surface area contributed by atoms with Crippen molar-refractivity contribution in [2.45, 2.75) is 54.9 Å². The van der Waals surface area contributed by atoms with E-state index in [9.17, 15) is 0 Å². The highest BCUT2D eigenvalue weighted by molar-refractivity contribution is 6.62. The van der Waals surface area contributed by atoms with E-state index in [1.54, 1.807) is 32.7 Å². The summed E-state index contributed by atoms with van der Waals surface area (Å²) in [6, 6.07) is 9.14. The molecule has 0 heterocycles. The molecule has 0 saturated heterocycles. The van der Waals surface area contributed by atoms with Gasteiger partial charge in [-0.15, -0.1) is 0 Å². The fourth-order valence-corrected chi connectivity index (χ4v) is 5.69. The SMILES string of the molecule is CC1=C(C)C(C)C([SiH2]c2ccccc2CC(C)(C)C)=C1C. The molecule has 1 heteroatoms. The second kappa shape index (κ2) is 5.96. The first-order valence-corrected chi connectivity index (χ1v) is 9.56. The molecule has 0 nitrogen and oxygen atoms in total. The summed E-state index contributed by atoms with van der Waals surface area (Å²) in [7, 11) is -0.353. The van der Waals surface area contributed by atoms with E-state index >= 15 is 0 Å². The summed E-state index contributed by atoms with van der Waals surface area (Å²) in [5, 5.41) is 3.41. The lowest BCUT2D eigenvalue weighted by molar-refractivity contribution is 0.412. The Morgan fingerprint density at radius 2 is 1.62 bits per heavy atom. The summed E-state index contributed by atoms with van der Waals surface area (Å²) in [5.74, 6) is 0.666. The summed E-state index contributed by atoms with van der Waals surface area (Å²) in [4.78, 5) is 0. The van der Waals surface area contributed by atoms with Crippen LogP contribution in [-0.4, -0.2) is 9.52 Å². The highest BCUT2D eigenvalue weighted by atomic mass is 28.2. The number of allylic oxidation sites excluding steroid dienone is 4.